The molecule has 0 radical (unpaired) electrons. The van der Waals surface area contributed by atoms with Gasteiger partial charge in [0.2, 0.25) is 0 Å². The monoisotopic (exact) mass is 464 g/mol. The average Bonchev–Trinajstić information content (AvgIpc) is 3.20. The molecule has 0 amide bonds. The highest BCUT2D eigenvalue weighted by Crippen LogP contribution is 2.31. The smallest absolute Gasteiger partial charge is 0.160 e. The van der Waals surface area contributed by atoms with E-state index in [0.717, 1.165) is 52.7 Å². The van der Waals surface area contributed by atoms with Crippen LogP contribution in [0.25, 0.3) is 22.6 Å². The Morgan fingerprint density at radius 2 is 1.97 bits per heavy atom. The molecule has 1 saturated carbocycles. The highest BCUT2D eigenvalue weighted by Gasteiger charge is 2.18. The van der Waals surface area contributed by atoms with Gasteiger partial charge in [-0.3, -0.25) is 0 Å². The van der Waals surface area contributed by atoms with Crippen LogP contribution in [0, 0.1) is 19.8 Å². The van der Waals surface area contributed by atoms with Gasteiger partial charge in [0.05, 0.1) is 17.0 Å². The minimum atomic E-state index is -0.570. The second-order valence-electron chi connectivity index (χ2n) is 9.36. The Bertz CT molecular complexity index is 1060. The zero-order chi connectivity index (χ0) is 23.9. The SMILES string of the molecule is CNCC(O)COc1cccc(-c2nc(CCC3CCCCC3)cc(-c3c(C)noc3C)n2)c1. The van der Waals surface area contributed by atoms with Crippen LogP contribution in [0.4, 0.5) is 0 Å². The first-order valence-corrected chi connectivity index (χ1v) is 12.4. The number of nitrogens with one attached hydrogen (secondary N) is 1. The number of ether oxygens (including phenoxy) is 1. The topological polar surface area (TPSA) is 93.3 Å². The van der Waals surface area contributed by atoms with Crippen molar-refractivity contribution in [3.05, 3.63) is 47.5 Å². The lowest BCUT2D eigenvalue weighted by Crippen LogP contribution is -2.29. The minimum Gasteiger partial charge on any atom is -0.491 e. The number of rotatable bonds is 10. The highest BCUT2D eigenvalue weighted by atomic mass is 16.5. The third-order valence-electron chi connectivity index (χ3n) is 6.58. The van der Waals surface area contributed by atoms with Gasteiger partial charge in [0.15, 0.2) is 5.82 Å². The van der Waals surface area contributed by atoms with Crippen molar-refractivity contribution < 1.29 is 14.4 Å². The number of hydrogen-bond donors (Lipinski definition) is 2. The van der Waals surface area contributed by atoms with Gasteiger partial charge in [0, 0.05) is 17.8 Å². The number of benzene rings is 1. The predicted molar refractivity (Wildman–Crippen MR) is 133 cm³/mol. The van der Waals surface area contributed by atoms with E-state index in [-0.39, 0.29) is 6.61 Å². The molecule has 1 aliphatic carbocycles. The molecule has 0 saturated heterocycles. The molecule has 0 bridgehead atoms. The zero-order valence-electron chi connectivity index (χ0n) is 20.5. The van der Waals surface area contributed by atoms with Crippen molar-refractivity contribution in [3.63, 3.8) is 0 Å². The molecule has 1 fully saturated rings. The Labute approximate surface area is 202 Å². The summed E-state index contributed by atoms with van der Waals surface area (Å²) in [5.74, 6) is 2.89. The molecule has 1 aromatic carbocycles. The van der Waals surface area contributed by atoms with Crippen LogP contribution in [0.2, 0.25) is 0 Å². The molecule has 7 heteroatoms. The second kappa shape index (κ2) is 11.6. The highest BCUT2D eigenvalue weighted by molar-refractivity contribution is 5.67. The van der Waals surface area contributed by atoms with E-state index >= 15 is 0 Å². The lowest BCUT2D eigenvalue weighted by molar-refractivity contribution is 0.108. The first-order valence-electron chi connectivity index (χ1n) is 12.4. The fourth-order valence-corrected chi connectivity index (χ4v) is 4.77. The Hall–Kier alpha value is -2.77. The van der Waals surface area contributed by atoms with Gasteiger partial charge in [-0.15, -0.1) is 0 Å². The van der Waals surface area contributed by atoms with Crippen molar-refractivity contribution in [1.29, 1.82) is 0 Å². The van der Waals surface area contributed by atoms with E-state index in [2.05, 4.69) is 16.5 Å². The van der Waals surface area contributed by atoms with Crippen LogP contribution in [0.15, 0.2) is 34.9 Å². The molecule has 0 spiro atoms. The van der Waals surface area contributed by atoms with Crippen molar-refractivity contribution in [2.75, 3.05) is 20.2 Å². The lowest BCUT2D eigenvalue weighted by Gasteiger charge is -2.21. The maximum atomic E-state index is 9.97. The number of aliphatic hydroxyl groups is 1. The zero-order valence-corrected chi connectivity index (χ0v) is 20.5. The molecule has 0 aliphatic heterocycles. The van der Waals surface area contributed by atoms with Gasteiger partial charge in [-0.2, -0.15) is 0 Å². The molecule has 34 heavy (non-hydrogen) atoms. The van der Waals surface area contributed by atoms with Crippen molar-refractivity contribution >= 4 is 0 Å². The summed E-state index contributed by atoms with van der Waals surface area (Å²) in [6.45, 7) is 4.56. The maximum absolute atomic E-state index is 9.97. The summed E-state index contributed by atoms with van der Waals surface area (Å²) >= 11 is 0. The molecular formula is C27H36N4O3. The normalized spacial score (nSPS) is 15.4. The van der Waals surface area contributed by atoms with E-state index < -0.39 is 6.10 Å². The predicted octanol–water partition coefficient (Wildman–Crippen LogP) is 4.89. The van der Waals surface area contributed by atoms with Gasteiger partial charge >= 0.3 is 0 Å². The first kappa shape index (κ1) is 24.4. The number of aliphatic hydroxyl groups excluding tert-OH is 1. The quantitative estimate of drug-likeness (QED) is 0.441. The van der Waals surface area contributed by atoms with Gasteiger partial charge in [-0.25, -0.2) is 9.97 Å². The number of aromatic nitrogens is 3. The van der Waals surface area contributed by atoms with Gasteiger partial charge in [0.1, 0.15) is 24.2 Å². The molecule has 182 valence electrons. The van der Waals surface area contributed by atoms with Crippen LogP contribution in [0.5, 0.6) is 5.75 Å². The van der Waals surface area contributed by atoms with Crippen molar-refractivity contribution in [1.82, 2.24) is 20.4 Å². The van der Waals surface area contributed by atoms with E-state index in [0.29, 0.717) is 18.1 Å². The fourth-order valence-electron chi connectivity index (χ4n) is 4.77. The summed E-state index contributed by atoms with van der Waals surface area (Å²) in [5.41, 5.74) is 4.53. The van der Waals surface area contributed by atoms with Crippen LogP contribution in [0.3, 0.4) is 0 Å². The van der Waals surface area contributed by atoms with Crippen LogP contribution in [-0.4, -0.2) is 46.5 Å². The van der Waals surface area contributed by atoms with Crippen LogP contribution in [0.1, 0.15) is 55.7 Å². The third kappa shape index (κ3) is 6.21. The summed E-state index contributed by atoms with van der Waals surface area (Å²) in [7, 11) is 1.80. The number of nitrogens with zero attached hydrogens (tertiary/aromatic N) is 3. The number of aryl methyl sites for hydroxylation is 3. The number of hydrogen-bond acceptors (Lipinski definition) is 7. The summed E-state index contributed by atoms with van der Waals surface area (Å²) in [5, 5.41) is 17.0. The van der Waals surface area contributed by atoms with Gasteiger partial charge < -0.3 is 19.7 Å². The molecule has 2 aromatic heterocycles. The molecule has 4 rings (SSSR count). The molecule has 7 nitrogen and oxygen atoms in total. The van der Waals surface area contributed by atoms with Crippen LogP contribution < -0.4 is 10.1 Å². The van der Waals surface area contributed by atoms with Crippen molar-refractivity contribution in [3.8, 4) is 28.4 Å². The second-order valence-corrected chi connectivity index (χ2v) is 9.36. The van der Waals surface area contributed by atoms with E-state index in [1.165, 1.54) is 32.1 Å². The molecule has 1 unspecified atom stereocenters. The fraction of sp³-hybridized carbons (Fsp3) is 0.519. The first-order chi connectivity index (χ1) is 16.5. The van der Waals surface area contributed by atoms with E-state index in [1.54, 1.807) is 7.05 Å². The largest absolute Gasteiger partial charge is 0.491 e. The summed E-state index contributed by atoms with van der Waals surface area (Å²) in [6.07, 6.45) is 8.24. The minimum absolute atomic E-state index is 0.219. The molecule has 3 aromatic rings. The lowest BCUT2D eigenvalue weighted by atomic mass is 9.86. The van der Waals surface area contributed by atoms with Gasteiger partial charge in [-0.1, -0.05) is 49.4 Å². The molecule has 1 aliphatic rings. The molecule has 2 heterocycles. The third-order valence-corrected chi connectivity index (χ3v) is 6.58. The Balaban J connectivity index is 1.62. The standard InChI is InChI=1S/C27H36N4O3/c1-18-26(19(2)34-31-18)25-15-22(13-12-20-8-5-4-6-9-20)29-27(30-25)21-10-7-11-24(14-21)33-17-23(32)16-28-3/h7,10-11,14-15,20,23,28,32H,4-6,8-9,12-13,16-17H2,1-3H3. The Morgan fingerprint density at radius 1 is 1.15 bits per heavy atom. The molecule has 1 atom stereocenters. The Morgan fingerprint density at radius 3 is 2.71 bits per heavy atom. The van der Waals surface area contributed by atoms with E-state index in [1.807, 2.05) is 38.1 Å². The van der Waals surface area contributed by atoms with Crippen molar-refractivity contribution in [2.24, 2.45) is 5.92 Å². The summed E-state index contributed by atoms with van der Waals surface area (Å²) in [6, 6.07) is 9.84. The summed E-state index contributed by atoms with van der Waals surface area (Å²) < 4.78 is 11.2. The van der Waals surface area contributed by atoms with Crippen LogP contribution >= 0.6 is 0 Å². The van der Waals surface area contributed by atoms with Crippen LogP contribution in [-0.2, 0) is 6.42 Å². The summed E-state index contributed by atoms with van der Waals surface area (Å²) in [4.78, 5) is 9.85. The van der Waals surface area contributed by atoms with Crippen molar-refractivity contribution in [2.45, 2.75) is 64.9 Å². The van der Waals surface area contributed by atoms with Gasteiger partial charge in [-0.05, 0) is 57.9 Å². The molecular weight excluding hydrogens is 428 g/mol. The van der Waals surface area contributed by atoms with E-state index in [4.69, 9.17) is 19.2 Å². The average molecular weight is 465 g/mol. The molecule has 2 N–H and O–H groups in total. The maximum Gasteiger partial charge on any atom is 0.160 e. The number of likely N-dealkylation sites (N-methyl/N-ethyl adjacent to an activating group) is 1. The Kier molecular flexibility index (Phi) is 8.29. The van der Waals surface area contributed by atoms with E-state index in [9.17, 15) is 5.11 Å². The van der Waals surface area contributed by atoms with Gasteiger partial charge in [0.25, 0.3) is 0 Å².